The van der Waals surface area contributed by atoms with Crippen molar-refractivity contribution in [2.45, 2.75) is 12.8 Å². The first kappa shape index (κ1) is 18.3. The second-order valence-corrected chi connectivity index (χ2v) is 7.52. The Morgan fingerprint density at radius 1 is 1.13 bits per heavy atom. The number of carbonyl (C=O) groups is 2. The van der Waals surface area contributed by atoms with E-state index in [1.54, 1.807) is 28.8 Å². The predicted octanol–water partition coefficient (Wildman–Crippen LogP) is 3.27. The maximum absolute atomic E-state index is 12.7. The first-order chi connectivity index (χ1) is 14.4. The van der Waals surface area contributed by atoms with Crippen LogP contribution < -0.4 is 5.56 Å². The average Bonchev–Trinajstić information content (AvgIpc) is 3.31. The lowest BCUT2D eigenvalue weighted by Gasteiger charge is -2.05. The highest BCUT2D eigenvalue weighted by atomic mass is 35.5. The van der Waals surface area contributed by atoms with Crippen molar-refractivity contribution in [2.75, 3.05) is 0 Å². The Labute approximate surface area is 174 Å². The molecule has 7 nitrogen and oxygen atoms in total. The van der Waals surface area contributed by atoms with Crippen LogP contribution in [0, 0.1) is 0 Å². The number of carbonyl (C=O) groups excluding carboxylic acids is 1. The van der Waals surface area contributed by atoms with Gasteiger partial charge in [-0.25, -0.2) is 9.78 Å². The van der Waals surface area contributed by atoms with Gasteiger partial charge in [0.1, 0.15) is 0 Å². The number of benzene rings is 2. The van der Waals surface area contributed by atoms with Gasteiger partial charge in [0.15, 0.2) is 0 Å². The summed E-state index contributed by atoms with van der Waals surface area (Å²) in [7, 11) is 0. The molecule has 148 valence electrons. The van der Waals surface area contributed by atoms with Crippen molar-refractivity contribution in [3.63, 3.8) is 0 Å². The lowest BCUT2D eigenvalue weighted by Crippen LogP contribution is -2.13. The molecule has 1 aliphatic rings. The molecule has 4 aromatic rings. The summed E-state index contributed by atoms with van der Waals surface area (Å²) in [6.45, 7) is 0. The van der Waals surface area contributed by atoms with Crippen LogP contribution in [0.1, 0.15) is 27.2 Å². The van der Waals surface area contributed by atoms with Gasteiger partial charge in [-0.15, -0.1) is 0 Å². The molecular formula is C22H14ClN3O4. The summed E-state index contributed by atoms with van der Waals surface area (Å²) >= 11 is 5.60. The van der Waals surface area contributed by atoms with Crippen molar-refractivity contribution >= 4 is 28.5 Å². The zero-order chi connectivity index (χ0) is 21.0. The van der Waals surface area contributed by atoms with Gasteiger partial charge >= 0.3 is 5.97 Å². The minimum absolute atomic E-state index is 0.104. The van der Waals surface area contributed by atoms with Gasteiger partial charge < -0.3 is 10.1 Å². The van der Waals surface area contributed by atoms with Gasteiger partial charge in [0, 0.05) is 30.2 Å². The number of H-pyrrole nitrogens is 1. The maximum Gasteiger partial charge on any atom is 0.336 e. The molecule has 2 aromatic carbocycles. The van der Waals surface area contributed by atoms with E-state index in [4.69, 9.17) is 11.6 Å². The molecular weight excluding hydrogens is 406 g/mol. The van der Waals surface area contributed by atoms with Crippen LogP contribution >= 0.6 is 11.6 Å². The highest BCUT2D eigenvalue weighted by molar-refractivity contribution is 6.63. The highest BCUT2D eigenvalue weighted by Crippen LogP contribution is 2.37. The smallest absolute Gasteiger partial charge is 0.336 e. The largest absolute Gasteiger partial charge is 0.478 e. The topological polar surface area (TPSA) is 105 Å². The Morgan fingerprint density at radius 2 is 1.90 bits per heavy atom. The van der Waals surface area contributed by atoms with Crippen LogP contribution in [-0.4, -0.2) is 30.7 Å². The van der Waals surface area contributed by atoms with Crippen LogP contribution in [0.3, 0.4) is 0 Å². The molecule has 5 rings (SSSR count). The Hall–Kier alpha value is -3.71. The number of imidazole rings is 1. The van der Waals surface area contributed by atoms with Crippen LogP contribution in [0.25, 0.3) is 28.2 Å². The summed E-state index contributed by atoms with van der Waals surface area (Å²) in [5.74, 6) is -1.07. The van der Waals surface area contributed by atoms with Gasteiger partial charge in [-0.2, -0.15) is 0 Å². The van der Waals surface area contributed by atoms with Crippen LogP contribution in [0.2, 0.25) is 0 Å². The molecule has 1 aliphatic carbocycles. The van der Waals surface area contributed by atoms with Crippen LogP contribution in [-0.2, 0) is 17.6 Å². The monoisotopic (exact) mass is 419 g/mol. The third-order valence-corrected chi connectivity index (χ3v) is 5.51. The summed E-state index contributed by atoms with van der Waals surface area (Å²) in [5.41, 5.74) is 4.85. The molecule has 30 heavy (non-hydrogen) atoms. The zero-order valence-electron chi connectivity index (χ0n) is 15.5. The average molecular weight is 420 g/mol. The van der Waals surface area contributed by atoms with E-state index < -0.39 is 11.2 Å². The second kappa shape index (κ2) is 6.67. The number of halogens is 1. The number of fused-ring (bicyclic) bond motifs is 5. The van der Waals surface area contributed by atoms with Gasteiger partial charge in [-0.3, -0.25) is 14.0 Å². The van der Waals surface area contributed by atoms with Gasteiger partial charge in [0.05, 0.1) is 22.6 Å². The minimum atomic E-state index is -1.07. The molecule has 0 unspecified atom stereocenters. The Balaban J connectivity index is 1.72. The van der Waals surface area contributed by atoms with Crippen molar-refractivity contribution in [2.24, 2.45) is 0 Å². The molecule has 2 aromatic heterocycles. The van der Waals surface area contributed by atoms with Crippen molar-refractivity contribution < 1.29 is 14.7 Å². The van der Waals surface area contributed by atoms with Crippen molar-refractivity contribution in [3.05, 3.63) is 81.4 Å². The minimum Gasteiger partial charge on any atom is -0.478 e. The number of hydrogen-bond donors (Lipinski definition) is 2. The molecule has 0 saturated heterocycles. The molecule has 2 heterocycles. The number of carboxylic acid groups (broad SMARTS) is 1. The second-order valence-electron chi connectivity index (χ2n) is 7.10. The number of aromatic amines is 1. The summed E-state index contributed by atoms with van der Waals surface area (Å²) in [6, 6.07) is 12.1. The van der Waals surface area contributed by atoms with Crippen LogP contribution in [0.4, 0.5) is 0 Å². The molecule has 0 spiro atoms. The van der Waals surface area contributed by atoms with E-state index in [-0.39, 0.29) is 23.2 Å². The van der Waals surface area contributed by atoms with Crippen molar-refractivity contribution in [1.29, 1.82) is 0 Å². The van der Waals surface area contributed by atoms with Crippen LogP contribution in [0.15, 0.2) is 53.5 Å². The molecule has 0 amide bonds. The zero-order valence-corrected chi connectivity index (χ0v) is 16.2. The van der Waals surface area contributed by atoms with E-state index in [9.17, 15) is 19.5 Å². The van der Waals surface area contributed by atoms with E-state index in [0.29, 0.717) is 23.4 Å². The SMILES string of the molecule is O=C(Cl)Cc1cccc2c1Cc1c-2[nH]c(=O)c2nc(-c3ccccc3C(=O)O)cn12. The molecule has 0 fully saturated rings. The number of carboxylic acids is 1. The molecule has 0 aliphatic heterocycles. The number of nitrogens with zero attached hydrogens (tertiary/aromatic N) is 2. The number of rotatable bonds is 4. The number of aromatic carboxylic acids is 1. The normalized spacial score (nSPS) is 12.0. The Bertz CT molecular complexity index is 1430. The lowest BCUT2D eigenvalue weighted by molar-refractivity contribution is -0.111. The van der Waals surface area contributed by atoms with E-state index in [1.165, 1.54) is 6.07 Å². The molecule has 0 radical (unpaired) electrons. The molecule has 0 bridgehead atoms. The summed E-state index contributed by atoms with van der Waals surface area (Å²) < 4.78 is 1.70. The maximum atomic E-state index is 12.7. The number of nitrogens with one attached hydrogen (secondary N) is 1. The quantitative estimate of drug-likeness (QED) is 0.435. The van der Waals surface area contributed by atoms with Gasteiger partial charge in [0.25, 0.3) is 5.56 Å². The van der Waals surface area contributed by atoms with E-state index >= 15 is 0 Å². The highest BCUT2D eigenvalue weighted by Gasteiger charge is 2.27. The third kappa shape index (κ3) is 2.74. The number of aromatic nitrogens is 3. The third-order valence-electron chi connectivity index (χ3n) is 5.38. The Kier molecular flexibility index (Phi) is 4.08. The van der Waals surface area contributed by atoms with Crippen LogP contribution in [0.5, 0.6) is 0 Å². The van der Waals surface area contributed by atoms with Crippen molar-refractivity contribution in [1.82, 2.24) is 14.4 Å². The van der Waals surface area contributed by atoms with E-state index in [2.05, 4.69) is 9.97 Å². The van der Waals surface area contributed by atoms with Gasteiger partial charge in [-0.05, 0) is 28.8 Å². The first-order valence-electron chi connectivity index (χ1n) is 9.20. The molecule has 0 saturated carbocycles. The predicted molar refractivity (Wildman–Crippen MR) is 111 cm³/mol. The van der Waals surface area contributed by atoms with Gasteiger partial charge in [0.2, 0.25) is 10.9 Å². The summed E-state index contributed by atoms with van der Waals surface area (Å²) in [5, 5.41) is 9.04. The van der Waals surface area contributed by atoms with Crippen molar-refractivity contribution in [3.8, 4) is 22.5 Å². The lowest BCUT2D eigenvalue weighted by atomic mass is 10.0. The molecule has 8 heteroatoms. The Morgan fingerprint density at radius 3 is 2.67 bits per heavy atom. The fourth-order valence-corrected chi connectivity index (χ4v) is 4.23. The molecule has 0 atom stereocenters. The van der Waals surface area contributed by atoms with E-state index in [1.807, 2.05) is 18.2 Å². The van der Waals surface area contributed by atoms with E-state index in [0.717, 1.165) is 22.4 Å². The number of hydrogen-bond acceptors (Lipinski definition) is 4. The summed E-state index contributed by atoms with van der Waals surface area (Å²) in [6.07, 6.45) is 2.28. The first-order valence-corrected chi connectivity index (χ1v) is 9.58. The fraction of sp³-hybridized carbons (Fsp3) is 0.0909. The molecule has 2 N–H and O–H groups in total. The standard InChI is InChI=1S/C22H14ClN3O4/c23-18(27)8-11-4-3-7-13-15(11)9-17-19(13)25-21(28)20-24-16(10-26(17)20)12-5-1-2-6-14(12)22(29)30/h1-7,10H,8-9H2,(H,25,28)(H,29,30). The summed E-state index contributed by atoms with van der Waals surface area (Å²) in [4.78, 5) is 43.1. The van der Waals surface area contributed by atoms with Gasteiger partial charge in [-0.1, -0.05) is 36.4 Å². The fourth-order valence-electron chi connectivity index (χ4n) is 4.09.